The minimum Gasteiger partial charge on any atom is -0.434 e. The van der Waals surface area contributed by atoms with E-state index in [9.17, 15) is 22.0 Å². The van der Waals surface area contributed by atoms with Gasteiger partial charge in [0.05, 0.1) is 4.90 Å². The molecule has 0 atom stereocenters. The summed E-state index contributed by atoms with van der Waals surface area (Å²) in [5, 5.41) is 0. The first-order valence-electron chi connectivity index (χ1n) is 4.20. The number of rotatable bonds is 4. The van der Waals surface area contributed by atoms with E-state index in [0.29, 0.717) is 0 Å². The first-order valence-corrected chi connectivity index (χ1v) is 5.43. The number of thioether (sulfide) groups is 1. The number of ether oxygens (including phenoxy) is 2. The smallest absolute Gasteiger partial charge is 0.434 e. The molecule has 17 heavy (non-hydrogen) atoms. The SMILES string of the molecule is CSc1cc(OC(F)(F)F)ccc1OC(F)F. The van der Waals surface area contributed by atoms with Gasteiger partial charge in [-0.25, -0.2) is 0 Å². The average Bonchev–Trinajstić information content (AvgIpc) is 2.17. The summed E-state index contributed by atoms with van der Waals surface area (Å²) in [5.74, 6) is -0.675. The molecule has 8 heteroatoms. The van der Waals surface area contributed by atoms with Gasteiger partial charge >= 0.3 is 13.0 Å². The molecule has 0 saturated heterocycles. The van der Waals surface area contributed by atoms with Crippen LogP contribution in [0.25, 0.3) is 0 Å². The number of hydrogen-bond acceptors (Lipinski definition) is 3. The van der Waals surface area contributed by atoms with Crippen LogP contribution in [-0.4, -0.2) is 19.2 Å². The van der Waals surface area contributed by atoms with Gasteiger partial charge in [0, 0.05) is 0 Å². The van der Waals surface area contributed by atoms with E-state index < -0.39 is 18.7 Å². The molecule has 0 amide bonds. The lowest BCUT2D eigenvalue weighted by Crippen LogP contribution is -2.17. The summed E-state index contributed by atoms with van der Waals surface area (Å²) < 4.78 is 67.4. The number of halogens is 5. The second-order valence-corrected chi connectivity index (χ2v) is 3.59. The first kappa shape index (κ1) is 13.9. The predicted octanol–water partition coefficient (Wildman–Crippen LogP) is 3.91. The van der Waals surface area contributed by atoms with Gasteiger partial charge in [0.25, 0.3) is 0 Å². The molecule has 1 aromatic rings. The highest BCUT2D eigenvalue weighted by molar-refractivity contribution is 7.98. The molecule has 1 rings (SSSR count). The Balaban J connectivity index is 2.92. The third-order valence-corrected chi connectivity index (χ3v) is 2.34. The van der Waals surface area contributed by atoms with Crippen LogP contribution in [0, 0.1) is 0 Å². The van der Waals surface area contributed by atoms with Crippen molar-refractivity contribution in [3.05, 3.63) is 18.2 Å². The van der Waals surface area contributed by atoms with Gasteiger partial charge in [0.15, 0.2) is 0 Å². The maximum Gasteiger partial charge on any atom is 0.573 e. The Labute approximate surface area is 97.7 Å². The lowest BCUT2D eigenvalue weighted by molar-refractivity contribution is -0.274. The Kier molecular flexibility index (Phi) is 4.44. The fourth-order valence-electron chi connectivity index (χ4n) is 1.04. The highest BCUT2D eigenvalue weighted by Crippen LogP contribution is 2.34. The van der Waals surface area contributed by atoms with E-state index in [1.165, 1.54) is 6.26 Å². The van der Waals surface area contributed by atoms with Crippen molar-refractivity contribution in [2.24, 2.45) is 0 Å². The summed E-state index contributed by atoms with van der Waals surface area (Å²) in [4.78, 5) is 0.132. The Hall–Kier alpha value is -1.18. The van der Waals surface area contributed by atoms with Gasteiger partial charge in [-0.15, -0.1) is 24.9 Å². The van der Waals surface area contributed by atoms with Crippen molar-refractivity contribution < 1.29 is 31.4 Å². The average molecular weight is 274 g/mol. The molecule has 0 fully saturated rings. The maximum absolute atomic E-state index is 12.0. The molecule has 0 aliphatic rings. The van der Waals surface area contributed by atoms with Crippen molar-refractivity contribution in [1.29, 1.82) is 0 Å². The minimum absolute atomic E-state index is 0.132. The van der Waals surface area contributed by atoms with E-state index in [4.69, 9.17) is 0 Å². The zero-order valence-electron chi connectivity index (χ0n) is 8.42. The van der Waals surface area contributed by atoms with Crippen molar-refractivity contribution in [3.8, 4) is 11.5 Å². The van der Waals surface area contributed by atoms with E-state index >= 15 is 0 Å². The second-order valence-electron chi connectivity index (χ2n) is 2.74. The van der Waals surface area contributed by atoms with Crippen molar-refractivity contribution in [2.45, 2.75) is 17.9 Å². The van der Waals surface area contributed by atoms with Crippen LogP contribution < -0.4 is 9.47 Å². The predicted molar refractivity (Wildman–Crippen MR) is 51.5 cm³/mol. The number of alkyl halides is 5. The van der Waals surface area contributed by atoms with Gasteiger partial charge < -0.3 is 9.47 Å². The molecular weight excluding hydrogens is 267 g/mol. The molecular formula is C9H7F5O2S. The van der Waals surface area contributed by atoms with Crippen molar-refractivity contribution >= 4 is 11.8 Å². The molecule has 0 heterocycles. The van der Waals surface area contributed by atoms with Gasteiger partial charge in [-0.2, -0.15) is 8.78 Å². The van der Waals surface area contributed by atoms with E-state index in [1.807, 2.05) is 0 Å². The molecule has 0 radical (unpaired) electrons. The Bertz CT molecular complexity index is 380. The molecule has 0 unspecified atom stereocenters. The van der Waals surface area contributed by atoms with Gasteiger partial charge in [-0.05, 0) is 24.5 Å². The fraction of sp³-hybridized carbons (Fsp3) is 0.333. The summed E-state index contributed by atoms with van der Waals surface area (Å²) in [6, 6.07) is 2.89. The van der Waals surface area contributed by atoms with Crippen molar-refractivity contribution in [2.75, 3.05) is 6.26 Å². The molecule has 2 nitrogen and oxygen atoms in total. The van der Waals surface area contributed by atoms with Gasteiger partial charge in [-0.3, -0.25) is 0 Å². The Morgan fingerprint density at radius 2 is 1.88 bits per heavy atom. The third kappa shape index (κ3) is 4.68. The first-order chi connectivity index (χ1) is 7.81. The summed E-state index contributed by atoms with van der Waals surface area (Å²) >= 11 is 0.972. The monoisotopic (exact) mass is 274 g/mol. The molecule has 0 aliphatic carbocycles. The van der Waals surface area contributed by atoms with Crippen LogP contribution >= 0.6 is 11.8 Å². The minimum atomic E-state index is -4.82. The van der Waals surface area contributed by atoms with Crippen molar-refractivity contribution in [1.82, 2.24) is 0 Å². The summed E-state index contributed by atoms with van der Waals surface area (Å²) in [6.45, 7) is -3.03. The molecule has 0 saturated carbocycles. The van der Waals surface area contributed by atoms with Crippen LogP contribution in [0.4, 0.5) is 22.0 Å². The highest BCUT2D eigenvalue weighted by Gasteiger charge is 2.31. The zero-order valence-corrected chi connectivity index (χ0v) is 9.24. The standard InChI is InChI=1S/C9H7F5O2S/c1-17-7-4-5(16-9(12,13)14)2-3-6(7)15-8(10)11/h2-4,8H,1H3. The van der Waals surface area contributed by atoms with Crippen LogP contribution in [0.2, 0.25) is 0 Å². The van der Waals surface area contributed by atoms with E-state index in [-0.39, 0.29) is 10.6 Å². The lowest BCUT2D eigenvalue weighted by atomic mass is 10.3. The zero-order chi connectivity index (χ0) is 13.1. The summed E-state index contributed by atoms with van der Waals surface area (Å²) in [5.41, 5.74) is 0. The lowest BCUT2D eigenvalue weighted by Gasteiger charge is -2.12. The highest BCUT2D eigenvalue weighted by atomic mass is 32.2. The van der Waals surface area contributed by atoms with Gasteiger partial charge in [-0.1, -0.05) is 0 Å². The van der Waals surface area contributed by atoms with E-state index in [0.717, 1.165) is 30.0 Å². The van der Waals surface area contributed by atoms with E-state index in [2.05, 4.69) is 9.47 Å². The summed E-state index contributed by atoms with van der Waals surface area (Å²) in [6.07, 6.45) is -3.30. The molecule has 0 aliphatic heterocycles. The topological polar surface area (TPSA) is 18.5 Å². The van der Waals surface area contributed by atoms with Crippen LogP contribution in [0.1, 0.15) is 0 Å². The van der Waals surface area contributed by atoms with Gasteiger partial charge in [0.2, 0.25) is 0 Å². The number of hydrogen-bond donors (Lipinski definition) is 0. The Morgan fingerprint density at radius 1 is 1.24 bits per heavy atom. The van der Waals surface area contributed by atoms with Crippen LogP contribution in [-0.2, 0) is 0 Å². The van der Waals surface area contributed by atoms with E-state index in [1.54, 1.807) is 0 Å². The second kappa shape index (κ2) is 5.44. The van der Waals surface area contributed by atoms with Crippen LogP contribution in [0.5, 0.6) is 11.5 Å². The molecule has 0 N–H and O–H groups in total. The number of benzene rings is 1. The molecule has 0 spiro atoms. The third-order valence-electron chi connectivity index (χ3n) is 1.58. The molecule has 0 aromatic heterocycles. The van der Waals surface area contributed by atoms with Crippen LogP contribution in [0.15, 0.2) is 23.1 Å². The summed E-state index contributed by atoms with van der Waals surface area (Å²) in [7, 11) is 0. The maximum atomic E-state index is 12.0. The quantitative estimate of drug-likeness (QED) is 0.612. The molecule has 96 valence electrons. The van der Waals surface area contributed by atoms with Gasteiger partial charge in [0.1, 0.15) is 11.5 Å². The fourth-order valence-corrected chi connectivity index (χ4v) is 1.59. The normalized spacial score (nSPS) is 11.7. The van der Waals surface area contributed by atoms with Crippen LogP contribution in [0.3, 0.4) is 0 Å². The molecule has 0 bridgehead atoms. The molecule has 1 aromatic carbocycles. The largest absolute Gasteiger partial charge is 0.573 e. The van der Waals surface area contributed by atoms with Crippen molar-refractivity contribution in [3.63, 3.8) is 0 Å². The Morgan fingerprint density at radius 3 is 2.35 bits per heavy atom.